The Hall–Kier alpha value is -3.13. The predicted molar refractivity (Wildman–Crippen MR) is 161 cm³/mol. The molecule has 6 rings (SSSR count). The highest BCUT2D eigenvalue weighted by Crippen LogP contribution is 2.70. The molecule has 260 valence electrons. The number of esters is 2. The number of carbonyl (C=O) groups excluding carboxylic acids is 6. The number of aliphatic carboxylic acids is 1. The molecule has 2 spiro atoms. The fourth-order valence-electron chi connectivity index (χ4n) is 7.20. The fraction of sp³-hybridized carbons (Fsp3) is 0.750. The van der Waals surface area contributed by atoms with Crippen LogP contribution in [0.15, 0.2) is 0 Å². The number of nitrogens with two attached hydrogens (primary N) is 1. The number of hydrogen-bond donors (Lipinski definition) is 3. The molecular formula is C28H38N4O13S2. The lowest BCUT2D eigenvalue weighted by atomic mass is 9.76. The summed E-state index contributed by atoms with van der Waals surface area (Å²) in [4.78, 5) is 90.6. The molecule has 5 saturated heterocycles. The summed E-state index contributed by atoms with van der Waals surface area (Å²) >= 11 is 0. The molecule has 0 unspecified atom stereocenters. The molecule has 0 radical (unpaired) electrons. The van der Waals surface area contributed by atoms with Gasteiger partial charge in [0.1, 0.15) is 12.6 Å². The molecule has 3 amide bonds. The number of carboxylic acids is 1. The molecule has 4 N–H and O–H groups in total. The minimum absolute atomic E-state index is 0.0621. The van der Waals surface area contributed by atoms with E-state index in [1.165, 1.54) is 16.8 Å². The first kappa shape index (κ1) is 35.2. The Morgan fingerprint density at radius 1 is 1.13 bits per heavy atom. The van der Waals surface area contributed by atoms with Crippen molar-refractivity contribution in [3.63, 3.8) is 0 Å². The topological polar surface area (TPSA) is 230 Å². The maximum absolute atomic E-state index is 14.6. The Labute approximate surface area is 277 Å². The lowest BCUT2D eigenvalue weighted by molar-refractivity contribution is -0.202. The number of carbonyl (C=O) groups is 7. The van der Waals surface area contributed by atoms with Crippen molar-refractivity contribution in [1.82, 2.24) is 15.1 Å². The van der Waals surface area contributed by atoms with Gasteiger partial charge in [-0.1, -0.05) is 24.6 Å². The Kier molecular flexibility index (Phi) is 8.82. The number of nitrogens with zero attached hydrogens (tertiary/aromatic N) is 2. The molecule has 5 heterocycles. The lowest BCUT2D eigenvalue weighted by Crippen LogP contribution is -2.77. The Morgan fingerprint density at radius 3 is 2.38 bits per heavy atom. The molecule has 0 aromatic rings. The molecule has 19 heteroatoms. The molecule has 0 aromatic carbocycles. The van der Waals surface area contributed by atoms with Gasteiger partial charge >= 0.3 is 24.0 Å². The number of nitrogens with one attached hydrogen (secondary N) is 1. The average molecular weight is 703 g/mol. The van der Waals surface area contributed by atoms with E-state index in [2.05, 4.69) is 5.32 Å². The second kappa shape index (κ2) is 11.8. The second-order valence-electron chi connectivity index (χ2n) is 12.9. The van der Waals surface area contributed by atoms with E-state index in [0.717, 1.165) is 35.4 Å². The molecule has 6 aliphatic rings. The zero-order valence-corrected chi connectivity index (χ0v) is 28.3. The number of likely N-dealkylation sites (N-methyl/N-ethyl adjacent to an activating group) is 1. The Balaban J connectivity index is 1.44. The number of ketones is 1. The molecule has 8 atom stereocenters. The van der Waals surface area contributed by atoms with Crippen LogP contribution >= 0.6 is 21.6 Å². The van der Waals surface area contributed by atoms with Crippen LogP contribution in [-0.4, -0.2) is 135 Å². The van der Waals surface area contributed by atoms with Crippen molar-refractivity contribution in [3.05, 3.63) is 0 Å². The Morgan fingerprint density at radius 2 is 1.81 bits per heavy atom. The molecule has 2 bridgehead atoms. The van der Waals surface area contributed by atoms with Crippen molar-refractivity contribution in [2.24, 2.45) is 11.1 Å². The van der Waals surface area contributed by atoms with Crippen LogP contribution in [0.4, 0.5) is 4.79 Å². The van der Waals surface area contributed by atoms with Crippen LogP contribution in [-0.2, 0) is 52.5 Å². The van der Waals surface area contributed by atoms with Gasteiger partial charge in [0, 0.05) is 40.3 Å². The van der Waals surface area contributed by atoms with Crippen LogP contribution in [0.2, 0.25) is 0 Å². The van der Waals surface area contributed by atoms with Crippen molar-refractivity contribution in [2.45, 2.75) is 92.7 Å². The number of rotatable bonds is 10. The zero-order chi connectivity index (χ0) is 34.9. The number of alkyl carbamates (subject to hydrolysis) is 1. The van der Waals surface area contributed by atoms with Gasteiger partial charge in [0.05, 0.1) is 30.8 Å². The molecule has 47 heavy (non-hydrogen) atoms. The number of piperazine rings is 1. The average Bonchev–Trinajstić information content (AvgIpc) is 3.46. The quantitative estimate of drug-likeness (QED) is 0.112. The summed E-state index contributed by atoms with van der Waals surface area (Å²) in [6.07, 6.45) is -3.54. The van der Waals surface area contributed by atoms with E-state index in [9.17, 15) is 33.6 Å². The van der Waals surface area contributed by atoms with E-state index in [0.29, 0.717) is 0 Å². The smallest absolute Gasteiger partial charge is 0.407 e. The summed E-state index contributed by atoms with van der Waals surface area (Å²) < 4.78 is 28.6. The number of hydrogen-bond acceptors (Lipinski definition) is 15. The van der Waals surface area contributed by atoms with E-state index in [1.807, 2.05) is 0 Å². The maximum Gasteiger partial charge on any atom is 0.407 e. The van der Waals surface area contributed by atoms with Crippen LogP contribution < -0.4 is 11.1 Å². The summed E-state index contributed by atoms with van der Waals surface area (Å²) in [6.45, 7) is 6.42. The number of Topliss-reactive ketones (excluding diaryl/α,β-unsaturated/α-hetero) is 1. The van der Waals surface area contributed by atoms with Crippen LogP contribution in [0.1, 0.15) is 47.5 Å². The molecule has 5 aliphatic heterocycles. The van der Waals surface area contributed by atoms with Gasteiger partial charge < -0.3 is 49.6 Å². The van der Waals surface area contributed by atoms with Gasteiger partial charge in [-0.05, 0) is 17.7 Å². The SMILES string of the molecule is CC(=O)O[C@H]1[C@]2(OC(C)=O)C[C@]34SS[C@](COC(=O)NCCOC[C@H](N)C(=O)O)(C(=O)N3[C@@H]2C[C@@]12O[C@H](C)C(C)(C)C2=O)N(C)C4=O. The number of fused-ring (bicyclic) bond motifs is 3. The summed E-state index contributed by atoms with van der Waals surface area (Å²) in [5, 5.41) is 11.2. The minimum atomic E-state index is -1.82. The van der Waals surface area contributed by atoms with Crippen LogP contribution in [0.5, 0.6) is 0 Å². The summed E-state index contributed by atoms with van der Waals surface area (Å²) in [6, 6.07) is -2.35. The summed E-state index contributed by atoms with van der Waals surface area (Å²) in [5.41, 5.74) is 0.746. The van der Waals surface area contributed by atoms with Gasteiger partial charge in [0.25, 0.3) is 11.8 Å². The third kappa shape index (κ3) is 5.07. The van der Waals surface area contributed by atoms with Gasteiger partial charge in [-0.25, -0.2) is 4.79 Å². The predicted octanol–water partition coefficient (Wildman–Crippen LogP) is -0.608. The number of amides is 3. The van der Waals surface area contributed by atoms with Crippen LogP contribution in [0.3, 0.4) is 0 Å². The highest BCUT2D eigenvalue weighted by atomic mass is 33.1. The van der Waals surface area contributed by atoms with E-state index in [4.69, 9.17) is 34.5 Å². The molecule has 1 saturated carbocycles. The standard InChI is InChI=1S/C28H38N4O13S2/c1-13-24(4,5)19(37)25(44-13)9-17-26(45-15(3)34,20(25)43-14(2)33)11-27-21(38)31(6)28(47-46-27,22(39)32(17)27)12-42-23(40)30-7-8-41-10-16(29)18(35)36/h13,16-17,20H,7-12,29H2,1-6H3,(H,30,40)(H,35,36)/t13-,16+,17-,20-,25+,26+,27-,28-/m1/s1. The third-order valence-electron chi connectivity index (χ3n) is 9.72. The minimum Gasteiger partial charge on any atom is -0.480 e. The maximum atomic E-state index is 14.6. The van der Waals surface area contributed by atoms with Gasteiger partial charge in [-0.15, -0.1) is 0 Å². The first-order valence-electron chi connectivity index (χ1n) is 14.9. The summed E-state index contributed by atoms with van der Waals surface area (Å²) in [5.74, 6) is -4.33. The van der Waals surface area contributed by atoms with Gasteiger partial charge in [0.15, 0.2) is 28.0 Å². The third-order valence-corrected chi connectivity index (χ3v) is 13.3. The van der Waals surface area contributed by atoms with Crippen LogP contribution in [0.25, 0.3) is 0 Å². The number of ether oxygens (including phenoxy) is 5. The van der Waals surface area contributed by atoms with Crippen molar-refractivity contribution >= 4 is 63.2 Å². The molecular weight excluding hydrogens is 664 g/mol. The highest BCUT2D eigenvalue weighted by Gasteiger charge is 2.86. The van der Waals surface area contributed by atoms with Gasteiger partial charge in [-0.3, -0.25) is 28.8 Å². The van der Waals surface area contributed by atoms with Crippen molar-refractivity contribution < 1.29 is 62.4 Å². The van der Waals surface area contributed by atoms with Gasteiger partial charge in [0.2, 0.25) is 4.87 Å². The summed E-state index contributed by atoms with van der Waals surface area (Å²) in [7, 11) is 3.45. The first-order chi connectivity index (χ1) is 21.8. The molecule has 0 aromatic heterocycles. The molecule has 1 aliphatic carbocycles. The first-order valence-corrected chi connectivity index (χ1v) is 17.0. The zero-order valence-electron chi connectivity index (χ0n) is 26.7. The van der Waals surface area contributed by atoms with E-state index < -0.39 is 93.1 Å². The van der Waals surface area contributed by atoms with Crippen molar-refractivity contribution in [1.29, 1.82) is 0 Å². The second-order valence-corrected chi connectivity index (χ2v) is 15.6. The number of carboxylic acid groups (broad SMARTS) is 1. The van der Waals surface area contributed by atoms with E-state index in [-0.39, 0.29) is 38.4 Å². The monoisotopic (exact) mass is 702 g/mol. The van der Waals surface area contributed by atoms with E-state index >= 15 is 0 Å². The highest BCUT2D eigenvalue weighted by molar-refractivity contribution is 8.78. The van der Waals surface area contributed by atoms with Crippen molar-refractivity contribution in [2.75, 3.05) is 33.4 Å². The largest absolute Gasteiger partial charge is 0.480 e. The molecule has 17 nitrogen and oxygen atoms in total. The Bertz CT molecular complexity index is 1430. The van der Waals surface area contributed by atoms with Gasteiger partial charge in [-0.2, -0.15) is 0 Å². The van der Waals surface area contributed by atoms with Crippen molar-refractivity contribution in [3.8, 4) is 0 Å². The van der Waals surface area contributed by atoms with E-state index in [1.54, 1.807) is 20.8 Å². The fourth-order valence-corrected chi connectivity index (χ4v) is 10.9. The van der Waals surface area contributed by atoms with Crippen LogP contribution in [0, 0.1) is 5.41 Å². The lowest BCUT2D eigenvalue weighted by Gasteiger charge is -2.58. The molecule has 6 fully saturated rings. The normalized spacial score (nSPS) is 37.1.